The molecule has 14 rings (SSSR count). The van der Waals surface area contributed by atoms with Crippen LogP contribution in [-0.4, -0.2) is 0 Å². The summed E-state index contributed by atoms with van der Waals surface area (Å²) in [5, 5.41) is 5.12. The van der Waals surface area contributed by atoms with E-state index in [0.29, 0.717) is 0 Å². The van der Waals surface area contributed by atoms with E-state index in [9.17, 15) is 0 Å². The molecular weight excluding hydrogens is 723 g/mol. The van der Waals surface area contributed by atoms with Gasteiger partial charge in [-0.25, -0.2) is 0 Å². The fraction of sp³-hybridized carbons (Fsp3) is 0.236. The van der Waals surface area contributed by atoms with E-state index in [1.165, 1.54) is 114 Å². The number of hydrogen-bond donors (Lipinski definition) is 0. The number of nitrogens with zero attached hydrogens (tertiary/aromatic N) is 1. The van der Waals surface area contributed by atoms with Crippen molar-refractivity contribution in [1.82, 2.24) is 0 Å². The SMILES string of the molecule is CC1(C)c2ccccc2-c2ccc(N(c3ccc(-c4ccccc4)cc3)c3cc4c(oc5cccc(C67CC8CC(CC(C8)C6)C7)c54)c4c3sc3ccccc34)cc21. The monoisotopic (exact) mass is 767 g/mol. The Kier molecular flexibility index (Phi) is 6.88. The standard InChI is InChI=1S/C55H45NOS/c1-54(2)44-15-8-6-13-40(44)41-24-23-39(28-46(41)54)56(38-21-19-37(20-22-38)36-11-4-3-5-12-36)47-29-43-50-45(55-30-33-25-34(31-55)27-35(26-33)32-55)16-10-17-48(50)57-52(43)51-42-14-7-9-18-49(42)58-53(47)51/h3-24,28-29,33-35H,25-27,30-32H2,1-2H3. The number of fused-ring (bicyclic) bond motifs is 10. The van der Waals surface area contributed by atoms with E-state index in [-0.39, 0.29) is 10.8 Å². The highest BCUT2D eigenvalue weighted by Crippen LogP contribution is 2.62. The van der Waals surface area contributed by atoms with Crippen LogP contribution in [0, 0.1) is 17.8 Å². The van der Waals surface area contributed by atoms with Crippen LogP contribution in [0.4, 0.5) is 17.1 Å². The first-order valence-corrected chi connectivity index (χ1v) is 22.2. The van der Waals surface area contributed by atoms with Crippen molar-refractivity contribution >= 4 is 70.5 Å². The average Bonchev–Trinajstić information content (AvgIpc) is 3.89. The van der Waals surface area contributed by atoms with E-state index in [0.717, 1.165) is 34.6 Å². The Balaban J connectivity index is 1.10. The molecule has 5 aliphatic rings. The van der Waals surface area contributed by atoms with E-state index in [4.69, 9.17) is 4.42 Å². The summed E-state index contributed by atoms with van der Waals surface area (Å²) in [5.74, 6) is 2.60. The molecule has 0 amide bonds. The van der Waals surface area contributed by atoms with Crippen molar-refractivity contribution in [3.8, 4) is 22.3 Å². The zero-order valence-corrected chi connectivity index (χ0v) is 33.9. The van der Waals surface area contributed by atoms with Gasteiger partial charge >= 0.3 is 0 Å². The van der Waals surface area contributed by atoms with E-state index in [1.807, 2.05) is 11.3 Å². The summed E-state index contributed by atoms with van der Waals surface area (Å²) in [6.07, 6.45) is 8.30. The number of anilines is 3. The molecule has 4 bridgehead atoms. The number of hydrogen-bond acceptors (Lipinski definition) is 3. The van der Waals surface area contributed by atoms with Gasteiger partial charge in [-0.15, -0.1) is 11.3 Å². The molecule has 7 aromatic carbocycles. The maximum Gasteiger partial charge on any atom is 0.144 e. The van der Waals surface area contributed by atoms with Gasteiger partial charge in [0.25, 0.3) is 0 Å². The van der Waals surface area contributed by atoms with Crippen molar-refractivity contribution in [3.05, 3.63) is 162 Å². The number of rotatable bonds is 5. The van der Waals surface area contributed by atoms with Crippen LogP contribution < -0.4 is 4.90 Å². The van der Waals surface area contributed by atoms with Crippen molar-refractivity contribution in [2.45, 2.75) is 63.2 Å². The molecule has 4 saturated carbocycles. The number of furan rings is 1. The predicted octanol–water partition coefficient (Wildman–Crippen LogP) is 15.9. The summed E-state index contributed by atoms with van der Waals surface area (Å²) in [6, 6.07) is 54.7. The molecule has 0 N–H and O–H groups in total. The lowest BCUT2D eigenvalue weighted by Crippen LogP contribution is -2.48. The van der Waals surface area contributed by atoms with Crippen molar-refractivity contribution < 1.29 is 4.42 Å². The highest BCUT2D eigenvalue weighted by molar-refractivity contribution is 7.26. The van der Waals surface area contributed by atoms with Crippen LogP contribution in [0.15, 0.2) is 150 Å². The Morgan fingerprint density at radius 3 is 2.00 bits per heavy atom. The fourth-order valence-corrected chi connectivity index (χ4v) is 14.1. The van der Waals surface area contributed by atoms with E-state index in [2.05, 4.69) is 164 Å². The molecule has 9 aromatic rings. The lowest BCUT2D eigenvalue weighted by atomic mass is 9.48. The molecule has 0 unspecified atom stereocenters. The lowest BCUT2D eigenvalue weighted by Gasteiger charge is -2.57. The van der Waals surface area contributed by atoms with Gasteiger partial charge in [-0.1, -0.05) is 117 Å². The van der Waals surface area contributed by atoms with Crippen molar-refractivity contribution in [2.24, 2.45) is 17.8 Å². The molecule has 58 heavy (non-hydrogen) atoms. The van der Waals surface area contributed by atoms with Crippen molar-refractivity contribution in [1.29, 1.82) is 0 Å². The third-order valence-electron chi connectivity index (χ3n) is 15.0. The van der Waals surface area contributed by atoms with Crippen LogP contribution in [0.25, 0.3) is 64.4 Å². The Hall–Kier alpha value is -5.64. The Bertz CT molecular complexity index is 3090. The summed E-state index contributed by atoms with van der Waals surface area (Å²) < 4.78 is 9.71. The summed E-state index contributed by atoms with van der Waals surface area (Å²) in [6.45, 7) is 4.78. The highest BCUT2D eigenvalue weighted by atomic mass is 32.1. The first-order chi connectivity index (χ1) is 28.4. The number of benzene rings is 7. The third-order valence-corrected chi connectivity index (χ3v) is 16.2. The van der Waals surface area contributed by atoms with Gasteiger partial charge < -0.3 is 9.32 Å². The molecule has 2 aromatic heterocycles. The van der Waals surface area contributed by atoms with E-state index < -0.39 is 0 Å². The molecule has 282 valence electrons. The minimum atomic E-state index is -0.116. The molecule has 5 aliphatic carbocycles. The smallest absolute Gasteiger partial charge is 0.144 e. The second-order valence-corrected chi connectivity index (χ2v) is 19.8. The van der Waals surface area contributed by atoms with Crippen LogP contribution in [0.5, 0.6) is 0 Å². The summed E-state index contributed by atoms with van der Waals surface area (Å²) in [4.78, 5) is 2.55. The molecule has 0 radical (unpaired) electrons. The molecule has 0 spiro atoms. The van der Waals surface area contributed by atoms with Crippen LogP contribution in [-0.2, 0) is 10.8 Å². The fourth-order valence-electron chi connectivity index (χ4n) is 12.9. The van der Waals surface area contributed by atoms with Crippen LogP contribution >= 0.6 is 11.3 Å². The second kappa shape index (κ2) is 12.0. The maximum atomic E-state index is 7.16. The summed E-state index contributed by atoms with van der Waals surface area (Å²) >= 11 is 1.90. The lowest BCUT2D eigenvalue weighted by molar-refractivity contribution is -0.00448. The molecule has 2 nitrogen and oxygen atoms in total. The first kappa shape index (κ1) is 33.3. The van der Waals surface area contributed by atoms with Gasteiger partial charge in [0.2, 0.25) is 0 Å². The Morgan fingerprint density at radius 2 is 1.21 bits per heavy atom. The van der Waals surface area contributed by atoms with Gasteiger partial charge in [-0.3, -0.25) is 0 Å². The number of thiophene rings is 1. The Labute approximate surface area is 343 Å². The zero-order valence-electron chi connectivity index (χ0n) is 33.1. The summed E-state index contributed by atoms with van der Waals surface area (Å²) in [7, 11) is 0. The van der Waals surface area contributed by atoms with E-state index >= 15 is 0 Å². The van der Waals surface area contributed by atoms with Crippen LogP contribution in [0.1, 0.15) is 69.1 Å². The van der Waals surface area contributed by atoms with Crippen molar-refractivity contribution in [2.75, 3.05) is 4.90 Å². The summed E-state index contributed by atoms with van der Waals surface area (Å²) in [5.41, 5.74) is 15.2. The Morgan fingerprint density at radius 1 is 0.552 bits per heavy atom. The van der Waals surface area contributed by atoms with Gasteiger partial charge in [0.1, 0.15) is 11.2 Å². The first-order valence-electron chi connectivity index (χ1n) is 21.4. The molecule has 4 fully saturated rings. The normalized spacial score (nSPS) is 22.6. The van der Waals surface area contributed by atoms with Gasteiger partial charge in [-0.05, 0) is 143 Å². The minimum absolute atomic E-state index is 0.116. The van der Waals surface area contributed by atoms with E-state index in [1.54, 1.807) is 5.56 Å². The molecular formula is C55H45NOS. The highest BCUT2D eigenvalue weighted by Gasteiger charge is 2.52. The minimum Gasteiger partial charge on any atom is -0.455 e. The van der Waals surface area contributed by atoms with Crippen LogP contribution in [0.2, 0.25) is 0 Å². The van der Waals surface area contributed by atoms with Gasteiger partial charge in [0.15, 0.2) is 0 Å². The average molecular weight is 768 g/mol. The topological polar surface area (TPSA) is 16.4 Å². The van der Waals surface area contributed by atoms with Crippen LogP contribution in [0.3, 0.4) is 0 Å². The molecule has 0 saturated heterocycles. The van der Waals surface area contributed by atoms with Gasteiger partial charge in [-0.2, -0.15) is 0 Å². The largest absolute Gasteiger partial charge is 0.455 e. The quantitative estimate of drug-likeness (QED) is 0.173. The second-order valence-electron chi connectivity index (χ2n) is 18.7. The molecule has 0 atom stereocenters. The van der Waals surface area contributed by atoms with Crippen molar-refractivity contribution in [3.63, 3.8) is 0 Å². The predicted molar refractivity (Wildman–Crippen MR) is 244 cm³/mol. The molecule has 2 heterocycles. The molecule has 0 aliphatic heterocycles. The maximum absolute atomic E-state index is 7.16. The molecule has 3 heteroatoms. The van der Waals surface area contributed by atoms with Gasteiger partial charge in [0.05, 0.1) is 10.4 Å². The van der Waals surface area contributed by atoms with Gasteiger partial charge in [0, 0.05) is 43.0 Å². The third kappa shape index (κ3) is 4.65. The zero-order chi connectivity index (χ0) is 38.3.